The first-order chi connectivity index (χ1) is 13.6. The van der Waals surface area contributed by atoms with Gasteiger partial charge in [-0.1, -0.05) is 0 Å². The van der Waals surface area contributed by atoms with Gasteiger partial charge in [0.2, 0.25) is 11.5 Å². The number of benzene rings is 2. The van der Waals surface area contributed by atoms with Crippen LogP contribution in [0.25, 0.3) is 0 Å². The summed E-state index contributed by atoms with van der Waals surface area (Å²) in [5.74, 6) is 2.21. The minimum absolute atomic E-state index is 0.229. The third kappa shape index (κ3) is 3.24. The van der Waals surface area contributed by atoms with E-state index in [2.05, 4.69) is 4.99 Å². The van der Waals surface area contributed by atoms with Crippen molar-refractivity contribution in [2.24, 2.45) is 4.99 Å². The number of ether oxygens (including phenoxy) is 5. The molecule has 1 heterocycles. The van der Waals surface area contributed by atoms with E-state index in [4.69, 9.17) is 23.7 Å². The van der Waals surface area contributed by atoms with E-state index in [0.29, 0.717) is 58.6 Å². The second-order valence-corrected chi connectivity index (χ2v) is 6.06. The number of ketones is 1. The van der Waals surface area contributed by atoms with E-state index in [0.717, 1.165) is 5.56 Å². The Morgan fingerprint density at radius 1 is 0.821 bits per heavy atom. The second kappa shape index (κ2) is 8.21. The smallest absolute Gasteiger partial charge is 0.211 e. The molecule has 0 radical (unpaired) electrons. The number of hydrogen-bond acceptors (Lipinski definition) is 7. The van der Waals surface area contributed by atoms with Crippen molar-refractivity contribution in [1.29, 1.82) is 0 Å². The molecule has 0 amide bonds. The minimum atomic E-state index is -0.229. The molecule has 0 atom stereocenters. The van der Waals surface area contributed by atoms with E-state index >= 15 is 0 Å². The van der Waals surface area contributed by atoms with E-state index in [9.17, 15) is 4.79 Å². The zero-order chi connectivity index (χ0) is 20.3. The van der Waals surface area contributed by atoms with Crippen LogP contribution in [0, 0.1) is 0 Å². The van der Waals surface area contributed by atoms with Gasteiger partial charge in [0.05, 0.1) is 41.1 Å². The van der Waals surface area contributed by atoms with Gasteiger partial charge >= 0.3 is 0 Å². The molecule has 0 saturated carbocycles. The molecular formula is C21H23NO6. The van der Waals surface area contributed by atoms with Crippen molar-refractivity contribution < 1.29 is 28.5 Å². The fourth-order valence-corrected chi connectivity index (χ4v) is 3.33. The molecule has 1 aliphatic rings. The summed E-state index contributed by atoms with van der Waals surface area (Å²) >= 11 is 0. The number of fused-ring (bicyclic) bond motifs is 1. The average molecular weight is 385 g/mol. The van der Waals surface area contributed by atoms with Crippen molar-refractivity contribution in [3.63, 3.8) is 0 Å². The highest BCUT2D eigenvalue weighted by molar-refractivity contribution is 6.52. The molecule has 28 heavy (non-hydrogen) atoms. The molecule has 0 N–H and O–H groups in total. The quantitative estimate of drug-likeness (QED) is 0.682. The molecule has 0 spiro atoms. The summed E-state index contributed by atoms with van der Waals surface area (Å²) in [4.78, 5) is 17.8. The summed E-state index contributed by atoms with van der Waals surface area (Å²) in [6, 6.07) is 6.90. The fraction of sp³-hybridized carbons (Fsp3) is 0.333. The highest BCUT2D eigenvalue weighted by atomic mass is 16.5. The van der Waals surface area contributed by atoms with Gasteiger partial charge in [0, 0.05) is 12.1 Å². The van der Waals surface area contributed by atoms with Crippen LogP contribution in [0.3, 0.4) is 0 Å². The standard InChI is InChI=1S/C21H23NO6/c1-24-14-7-6-13(11-15(14)25-2)19(23)18-17-12(8-9-22-18)10-16(26-3)20(27-4)21(17)28-5/h6-7,10-11H,8-9H2,1-5H3. The van der Waals surface area contributed by atoms with Gasteiger partial charge in [-0.25, -0.2) is 0 Å². The number of carbonyl (C=O) groups excluding carboxylic acids is 1. The van der Waals surface area contributed by atoms with Gasteiger partial charge in [-0.2, -0.15) is 0 Å². The number of methoxy groups -OCH3 is 5. The average Bonchev–Trinajstić information content (AvgIpc) is 2.75. The van der Waals surface area contributed by atoms with Gasteiger partial charge in [-0.3, -0.25) is 9.79 Å². The summed E-state index contributed by atoms with van der Waals surface area (Å²) in [5, 5.41) is 0. The van der Waals surface area contributed by atoms with Gasteiger partial charge in [0.1, 0.15) is 5.71 Å². The molecule has 7 heteroatoms. The first-order valence-corrected chi connectivity index (χ1v) is 8.72. The highest BCUT2D eigenvalue weighted by Gasteiger charge is 2.30. The number of carbonyl (C=O) groups is 1. The zero-order valence-corrected chi connectivity index (χ0v) is 16.6. The molecule has 0 bridgehead atoms. The first kappa shape index (κ1) is 19.5. The molecule has 3 rings (SSSR count). The molecule has 0 fully saturated rings. The molecule has 0 aromatic heterocycles. The van der Waals surface area contributed by atoms with E-state index in [-0.39, 0.29) is 5.78 Å². The van der Waals surface area contributed by atoms with Crippen molar-refractivity contribution >= 4 is 11.5 Å². The van der Waals surface area contributed by atoms with Crippen molar-refractivity contribution in [1.82, 2.24) is 0 Å². The predicted molar refractivity (Wildman–Crippen MR) is 105 cm³/mol. The lowest BCUT2D eigenvalue weighted by Crippen LogP contribution is -2.23. The molecule has 2 aromatic carbocycles. The number of hydrogen-bond donors (Lipinski definition) is 0. The zero-order valence-electron chi connectivity index (χ0n) is 16.6. The molecule has 7 nitrogen and oxygen atoms in total. The number of rotatable bonds is 7. The SMILES string of the molecule is COc1ccc(C(=O)C2=NCCc3cc(OC)c(OC)c(OC)c32)cc1OC. The fourth-order valence-electron chi connectivity index (χ4n) is 3.33. The normalized spacial score (nSPS) is 12.5. The minimum Gasteiger partial charge on any atom is -0.493 e. The molecule has 2 aromatic rings. The lowest BCUT2D eigenvalue weighted by atomic mass is 9.91. The predicted octanol–water partition coefficient (Wildman–Crippen LogP) is 2.96. The largest absolute Gasteiger partial charge is 0.493 e. The Morgan fingerprint density at radius 2 is 1.50 bits per heavy atom. The molecular weight excluding hydrogens is 362 g/mol. The van der Waals surface area contributed by atoms with Crippen molar-refractivity contribution in [2.75, 3.05) is 42.1 Å². The maximum atomic E-state index is 13.3. The van der Waals surface area contributed by atoms with Crippen LogP contribution in [0.1, 0.15) is 21.5 Å². The Hall–Kier alpha value is -3.22. The van der Waals surface area contributed by atoms with E-state index in [1.165, 1.54) is 21.3 Å². The Morgan fingerprint density at radius 3 is 2.11 bits per heavy atom. The van der Waals surface area contributed by atoms with Crippen LogP contribution in [0.15, 0.2) is 29.3 Å². The monoisotopic (exact) mass is 385 g/mol. The lowest BCUT2D eigenvalue weighted by Gasteiger charge is -2.23. The molecule has 0 saturated heterocycles. The van der Waals surface area contributed by atoms with Crippen LogP contribution in [-0.4, -0.2) is 53.6 Å². The lowest BCUT2D eigenvalue weighted by molar-refractivity contribution is 0.106. The number of Topliss-reactive ketones (excluding diaryl/α,β-unsaturated/α-hetero) is 1. The van der Waals surface area contributed by atoms with Crippen molar-refractivity contribution in [3.8, 4) is 28.7 Å². The van der Waals surface area contributed by atoms with Crippen LogP contribution in [0.2, 0.25) is 0 Å². The summed E-state index contributed by atoms with van der Waals surface area (Å²) < 4.78 is 27.1. The van der Waals surface area contributed by atoms with E-state index in [1.54, 1.807) is 32.4 Å². The van der Waals surface area contributed by atoms with Crippen LogP contribution in [-0.2, 0) is 6.42 Å². The maximum Gasteiger partial charge on any atom is 0.211 e. The van der Waals surface area contributed by atoms with E-state index < -0.39 is 0 Å². The van der Waals surface area contributed by atoms with Crippen LogP contribution >= 0.6 is 0 Å². The number of nitrogens with zero attached hydrogens (tertiary/aromatic N) is 1. The highest BCUT2D eigenvalue weighted by Crippen LogP contribution is 2.43. The van der Waals surface area contributed by atoms with E-state index in [1.807, 2.05) is 6.07 Å². The second-order valence-electron chi connectivity index (χ2n) is 6.06. The van der Waals surface area contributed by atoms with Crippen LogP contribution < -0.4 is 23.7 Å². The maximum absolute atomic E-state index is 13.3. The molecule has 0 unspecified atom stereocenters. The van der Waals surface area contributed by atoms with Gasteiger partial charge in [0.25, 0.3) is 0 Å². The van der Waals surface area contributed by atoms with Gasteiger partial charge in [0.15, 0.2) is 23.0 Å². The molecule has 0 aliphatic carbocycles. The van der Waals surface area contributed by atoms with Crippen molar-refractivity contribution in [2.45, 2.75) is 6.42 Å². The Labute approximate surface area is 163 Å². The topological polar surface area (TPSA) is 75.6 Å². The Kier molecular flexibility index (Phi) is 5.73. The van der Waals surface area contributed by atoms with Crippen LogP contribution in [0.5, 0.6) is 28.7 Å². The first-order valence-electron chi connectivity index (χ1n) is 8.72. The Balaban J connectivity index is 2.13. The Bertz CT molecular complexity index is 935. The summed E-state index contributed by atoms with van der Waals surface area (Å²) in [6.45, 7) is 0.500. The summed E-state index contributed by atoms with van der Waals surface area (Å²) in [7, 11) is 7.70. The third-order valence-corrected chi connectivity index (χ3v) is 4.66. The number of aliphatic imine (C=N–C) groups is 1. The summed E-state index contributed by atoms with van der Waals surface area (Å²) in [6.07, 6.45) is 0.675. The van der Waals surface area contributed by atoms with Crippen LogP contribution in [0.4, 0.5) is 0 Å². The van der Waals surface area contributed by atoms with Gasteiger partial charge in [-0.15, -0.1) is 0 Å². The third-order valence-electron chi connectivity index (χ3n) is 4.66. The van der Waals surface area contributed by atoms with Crippen molar-refractivity contribution in [3.05, 3.63) is 41.0 Å². The van der Waals surface area contributed by atoms with Gasteiger partial charge < -0.3 is 23.7 Å². The molecule has 1 aliphatic heterocycles. The van der Waals surface area contributed by atoms with Gasteiger partial charge in [-0.05, 0) is 36.2 Å². The summed E-state index contributed by atoms with van der Waals surface area (Å²) in [5.41, 5.74) is 2.33. The molecule has 148 valence electrons.